The van der Waals surface area contributed by atoms with Crippen LogP contribution in [0.15, 0.2) is 18.2 Å². The number of amides is 1. The first-order valence-corrected chi connectivity index (χ1v) is 3.93. The Morgan fingerprint density at radius 1 is 1.62 bits per heavy atom. The SMILES string of the molecule is CC(=O)Nc1c(O)cccc1CN. The van der Waals surface area contributed by atoms with Crippen molar-refractivity contribution in [2.24, 2.45) is 5.73 Å². The average molecular weight is 180 g/mol. The number of carbonyl (C=O) groups excluding carboxylic acids is 1. The zero-order valence-electron chi connectivity index (χ0n) is 7.37. The number of nitrogens with one attached hydrogen (secondary N) is 1. The Morgan fingerprint density at radius 3 is 2.85 bits per heavy atom. The molecule has 1 aromatic rings. The fraction of sp³-hybridized carbons (Fsp3) is 0.222. The van der Waals surface area contributed by atoms with E-state index in [0.717, 1.165) is 5.56 Å². The van der Waals surface area contributed by atoms with Gasteiger partial charge in [0.05, 0.1) is 5.69 Å². The van der Waals surface area contributed by atoms with Crippen molar-refractivity contribution in [1.29, 1.82) is 0 Å². The van der Waals surface area contributed by atoms with E-state index in [2.05, 4.69) is 5.32 Å². The maximum absolute atomic E-state index is 10.8. The molecule has 0 saturated carbocycles. The van der Waals surface area contributed by atoms with E-state index >= 15 is 0 Å². The van der Waals surface area contributed by atoms with Gasteiger partial charge in [-0.1, -0.05) is 12.1 Å². The Hall–Kier alpha value is -1.55. The van der Waals surface area contributed by atoms with Crippen molar-refractivity contribution in [3.05, 3.63) is 23.8 Å². The van der Waals surface area contributed by atoms with Crippen LogP contribution in [-0.2, 0) is 11.3 Å². The van der Waals surface area contributed by atoms with Crippen molar-refractivity contribution in [1.82, 2.24) is 0 Å². The summed E-state index contributed by atoms with van der Waals surface area (Å²) < 4.78 is 0. The lowest BCUT2D eigenvalue weighted by molar-refractivity contribution is -0.114. The van der Waals surface area contributed by atoms with Crippen LogP contribution in [0.25, 0.3) is 0 Å². The molecule has 0 aliphatic carbocycles. The van der Waals surface area contributed by atoms with E-state index in [1.807, 2.05) is 0 Å². The van der Waals surface area contributed by atoms with E-state index < -0.39 is 0 Å². The van der Waals surface area contributed by atoms with Crippen molar-refractivity contribution in [3.8, 4) is 5.75 Å². The zero-order valence-corrected chi connectivity index (χ0v) is 7.37. The minimum absolute atomic E-state index is 0.0400. The molecule has 0 unspecified atom stereocenters. The molecule has 4 nitrogen and oxygen atoms in total. The summed E-state index contributed by atoms with van der Waals surface area (Å²) in [6.07, 6.45) is 0. The van der Waals surface area contributed by atoms with Crippen LogP contribution in [0.3, 0.4) is 0 Å². The first kappa shape index (κ1) is 9.54. The number of carbonyl (C=O) groups is 1. The number of hydrogen-bond donors (Lipinski definition) is 3. The highest BCUT2D eigenvalue weighted by Gasteiger charge is 2.06. The summed E-state index contributed by atoms with van der Waals surface area (Å²) in [4.78, 5) is 10.8. The van der Waals surface area contributed by atoms with Gasteiger partial charge in [0.25, 0.3) is 0 Å². The maximum atomic E-state index is 10.8. The molecule has 4 N–H and O–H groups in total. The van der Waals surface area contributed by atoms with Crippen LogP contribution in [-0.4, -0.2) is 11.0 Å². The Labute approximate surface area is 76.4 Å². The molecule has 1 amide bonds. The minimum atomic E-state index is -0.226. The Kier molecular flexibility index (Phi) is 2.87. The van der Waals surface area contributed by atoms with Crippen LogP contribution >= 0.6 is 0 Å². The molecule has 4 heteroatoms. The largest absolute Gasteiger partial charge is 0.506 e. The Bertz CT molecular complexity index is 323. The van der Waals surface area contributed by atoms with Crippen LogP contribution in [0.5, 0.6) is 5.75 Å². The quantitative estimate of drug-likeness (QED) is 0.589. The lowest BCUT2D eigenvalue weighted by atomic mass is 10.1. The van der Waals surface area contributed by atoms with Crippen molar-refractivity contribution in [2.45, 2.75) is 13.5 Å². The molecule has 0 bridgehead atoms. The normalized spacial score (nSPS) is 9.69. The van der Waals surface area contributed by atoms with Gasteiger partial charge in [0.1, 0.15) is 5.75 Å². The molecule has 0 aliphatic heterocycles. The van der Waals surface area contributed by atoms with Gasteiger partial charge in [0.15, 0.2) is 0 Å². The second-order valence-electron chi connectivity index (χ2n) is 2.70. The van der Waals surface area contributed by atoms with Crippen molar-refractivity contribution in [2.75, 3.05) is 5.32 Å². The highest BCUT2D eigenvalue weighted by Crippen LogP contribution is 2.26. The lowest BCUT2D eigenvalue weighted by Gasteiger charge is -2.09. The van der Waals surface area contributed by atoms with Gasteiger partial charge in [-0.15, -0.1) is 0 Å². The van der Waals surface area contributed by atoms with Crippen LogP contribution in [0.4, 0.5) is 5.69 Å². The average Bonchev–Trinajstić information content (AvgIpc) is 2.08. The summed E-state index contributed by atoms with van der Waals surface area (Å²) in [5.74, 6) is -0.186. The number of phenolic OH excluding ortho intramolecular Hbond substituents is 1. The summed E-state index contributed by atoms with van der Waals surface area (Å²) in [7, 11) is 0. The molecule has 0 aromatic heterocycles. The molecule has 0 radical (unpaired) electrons. The Morgan fingerprint density at radius 2 is 2.31 bits per heavy atom. The smallest absolute Gasteiger partial charge is 0.221 e. The molecule has 70 valence electrons. The summed E-state index contributed by atoms with van der Waals surface area (Å²) in [5, 5.41) is 11.9. The third-order valence-corrected chi connectivity index (χ3v) is 1.65. The van der Waals surface area contributed by atoms with Gasteiger partial charge < -0.3 is 16.2 Å². The van der Waals surface area contributed by atoms with E-state index in [-0.39, 0.29) is 18.2 Å². The van der Waals surface area contributed by atoms with Gasteiger partial charge in [-0.25, -0.2) is 0 Å². The van der Waals surface area contributed by atoms with E-state index in [1.165, 1.54) is 13.0 Å². The van der Waals surface area contributed by atoms with Crippen LogP contribution in [0.2, 0.25) is 0 Å². The third kappa shape index (κ3) is 2.19. The molecule has 0 fully saturated rings. The van der Waals surface area contributed by atoms with E-state index in [0.29, 0.717) is 5.69 Å². The number of phenols is 1. The molecule has 1 aromatic carbocycles. The molecule has 13 heavy (non-hydrogen) atoms. The number of benzene rings is 1. The van der Waals surface area contributed by atoms with Crippen LogP contribution in [0.1, 0.15) is 12.5 Å². The van der Waals surface area contributed by atoms with Crippen LogP contribution in [0, 0.1) is 0 Å². The number of aromatic hydroxyl groups is 1. The van der Waals surface area contributed by atoms with Crippen molar-refractivity contribution >= 4 is 11.6 Å². The molecule has 0 aliphatic rings. The molecule has 1 rings (SSSR count). The second kappa shape index (κ2) is 3.91. The standard InChI is InChI=1S/C9H12N2O2/c1-6(12)11-9-7(5-10)3-2-4-8(9)13/h2-4,13H,5,10H2,1H3,(H,11,12). The summed E-state index contributed by atoms with van der Waals surface area (Å²) >= 11 is 0. The van der Waals surface area contributed by atoms with E-state index in [1.54, 1.807) is 12.1 Å². The first-order chi connectivity index (χ1) is 6.15. The summed E-state index contributed by atoms with van der Waals surface area (Å²) in [5.41, 5.74) is 6.55. The van der Waals surface area contributed by atoms with Crippen molar-refractivity contribution in [3.63, 3.8) is 0 Å². The monoisotopic (exact) mass is 180 g/mol. The molecule has 0 saturated heterocycles. The van der Waals surface area contributed by atoms with Gasteiger partial charge >= 0.3 is 0 Å². The predicted octanol–water partition coefficient (Wildman–Crippen LogP) is 0.809. The number of hydrogen-bond acceptors (Lipinski definition) is 3. The minimum Gasteiger partial charge on any atom is -0.506 e. The first-order valence-electron chi connectivity index (χ1n) is 3.93. The Balaban J connectivity index is 3.07. The number of para-hydroxylation sites is 1. The van der Waals surface area contributed by atoms with Crippen molar-refractivity contribution < 1.29 is 9.90 Å². The number of rotatable bonds is 2. The van der Waals surface area contributed by atoms with Gasteiger partial charge in [-0.05, 0) is 11.6 Å². The topological polar surface area (TPSA) is 75.3 Å². The second-order valence-corrected chi connectivity index (χ2v) is 2.70. The van der Waals surface area contributed by atoms with Gasteiger partial charge in [-0.2, -0.15) is 0 Å². The molecule has 0 atom stereocenters. The van der Waals surface area contributed by atoms with Gasteiger partial charge in [-0.3, -0.25) is 4.79 Å². The van der Waals surface area contributed by atoms with Crippen LogP contribution < -0.4 is 11.1 Å². The fourth-order valence-electron chi connectivity index (χ4n) is 1.08. The number of nitrogens with two attached hydrogens (primary N) is 1. The summed E-state index contributed by atoms with van der Waals surface area (Å²) in [6, 6.07) is 4.94. The predicted molar refractivity (Wildman–Crippen MR) is 50.3 cm³/mol. The third-order valence-electron chi connectivity index (χ3n) is 1.65. The molecule has 0 heterocycles. The lowest BCUT2D eigenvalue weighted by Crippen LogP contribution is -2.10. The van der Waals surface area contributed by atoms with E-state index in [9.17, 15) is 9.90 Å². The maximum Gasteiger partial charge on any atom is 0.221 e. The fourth-order valence-corrected chi connectivity index (χ4v) is 1.08. The molecule has 0 spiro atoms. The van der Waals surface area contributed by atoms with Gasteiger partial charge in [0.2, 0.25) is 5.91 Å². The molecular formula is C9H12N2O2. The highest BCUT2D eigenvalue weighted by molar-refractivity contribution is 5.91. The van der Waals surface area contributed by atoms with Gasteiger partial charge in [0, 0.05) is 13.5 Å². The summed E-state index contributed by atoms with van der Waals surface area (Å²) in [6.45, 7) is 1.66. The highest BCUT2D eigenvalue weighted by atomic mass is 16.3. The molecular weight excluding hydrogens is 168 g/mol. The zero-order chi connectivity index (χ0) is 9.84. The number of anilines is 1. The van der Waals surface area contributed by atoms with E-state index in [4.69, 9.17) is 5.73 Å².